The van der Waals surface area contributed by atoms with Crippen LogP contribution in [0.3, 0.4) is 0 Å². The molecule has 1 aliphatic heterocycles. The zero-order chi connectivity index (χ0) is 23.7. The summed E-state index contributed by atoms with van der Waals surface area (Å²) in [6, 6.07) is 18.4. The summed E-state index contributed by atoms with van der Waals surface area (Å²) in [5, 5.41) is 1.05. The van der Waals surface area contributed by atoms with E-state index in [0.717, 1.165) is 27.7 Å². The van der Waals surface area contributed by atoms with E-state index in [1.807, 2.05) is 55.5 Å². The lowest BCUT2D eigenvalue weighted by Crippen LogP contribution is -2.43. The molecule has 0 unspecified atom stereocenters. The SMILES string of the molecule is Cc1[nH]c2ccccc2c1[C@H]1c2ccccc2C(=O)N1CCC(=O)NNC(=O)c1ccncc1. The van der Waals surface area contributed by atoms with Crippen LogP contribution >= 0.6 is 0 Å². The molecule has 0 spiro atoms. The highest BCUT2D eigenvalue weighted by molar-refractivity contribution is 6.01. The van der Waals surface area contributed by atoms with Crippen molar-refractivity contribution in [2.24, 2.45) is 0 Å². The Morgan fingerprint density at radius 1 is 1.00 bits per heavy atom. The Labute approximate surface area is 196 Å². The number of carbonyl (C=O) groups is 3. The summed E-state index contributed by atoms with van der Waals surface area (Å²) in [5.74, 6) is -0.938. The van der Waals surface area contributed by atoms with Crippen molar-refractivity contribution in [2.45, 2.75) is 19.4 Å². The van der Waals surface area contributed by atoms with Crippen molar-refractivity contribution in [1.29, 1.82) is 0 Å². The molecule has 0 aliphatic carbocycles. The van der Waals surface area contributed by atoms with E-state index in [9.17, 15) is 14.4 Å². The van der Waals surface area contributed by atoms with Gasteiger partial charge in [-0.2, -0.15) is 0 Å². The molecule has 0 bridgehead atoms. The van der Waals surface area contributed by atoms with Crippen LogP contribution < -0.4 is 10.9 Å². The fourth-order valence-corrected chi connectivity index (χ4v) is 4.55. The van der Waals surface area contributed by atoms with Gasteiger partial charge in [0.25, 0.3) is 11.8 Å². The van der Waals surface area contributed by atoms with Gasteiger partial charge in [-0.3, -0.25) is 30.2 Å². The summed E-state index contributed by atoms with van der Waals surface area (Å²) in [6.45, 7) is 2.20. The number of hydrazine groups is 1. The molecule has 0 saturated heterocycles. The Morgan fingerprint density at radius 2 is 1.74 bits per heavy atom. The fraction of sp³-hybridized carbons (Fsp3) is 0.154. The van der Waals surface area contributed by atoms with Crippen molar-refractivity contribution in [1.82, 2.24) is 25.7 Å². The van der Waals surface area contributed by atoms with Gasteiger partial charge in [0.05, 0.1) is 6.04 Å². The summed E-state index contributed by atoms with van der Waals surface area (Å²) >= 11 is 0. The number of rotatable bonds is 5. The monoisotopic (exact) mass is 453 g/mol. The number of pyridine rings is 1. The fourth-order valence-electron chi connectivity index (χ4n) is 4.55. The number of fused-ring (bicyclic) bond motifs is 2. The van der Waals surface area contributed by atoms with Gasteiger partial charge in [0, 0.05) is 58.6 Å². The van der Waals surface area contributed by atoms with Crippen molar-refractivity contribution >= 4 is 28.6 Å². The van der Waals surface area contributed by atoms with Gasteiger partial charge in [-0.15, -0.1) is 0 Å². The van der Waals surface area contributed by atoms with Crippen molar-refractivity contribution in [3.05, 3.63) is 101 Å². The van der Waals surface area contributed by atoms with Gasteiger partial charge in [0.15, 0.2) is 0 Å². The van der Waals surface area contributed by atoms with Crippen LogP contribution in [0, 0.1) is 6.92 Å². The lowest BCUT2D eigenvalue weighted by atomic mass is 9.95. The quantitative estimate of drug-likeness (QED) is 0.403. The molecule has 2 aromatic carbocycles. The van der Waals surface area contributed by atoms with Gasteiger partial charge in [0.2, 0.25) is 5.91 Å². The predicted octanol–water partition coefficient (Wildman–Crippen LogP) is 3.27. The van der Waals surface area contributed by atoms with Crippen molar-refractivity contribution < 1.29 is 14.4 Å². The lowest BCUT2D eigenvalue weighted by molar-refractivity contribution is -0.122. The summed E-state index contributed by atoms with van der Waals surface area (Å²) in [4.78, 5) is 47.0. The molecule has 3 amide bonds. The maximum atomic E-state index is 13.3. The molecule has 3 N–H and O–H groups in total. The predicted molar refractivity (Wildman–Crippen MR) is 127 cm³/mol. The first kappa shape index (κ1) is 21.4. The number of carbonyl (C=O) groups excluding carboxylic acids is 3. The molecule has 5 rings (SSSR count). The van der Waals surface area contributed by atoms with E-state index in [-0.39, 0.29) is 30.8 Å². The topological polar surface area (TPSA) is 107 Å². The Hall–Kier alpha value is -4.46. The minimum Gasteiger partial charge on any atom is -0.358 e. The van der Waals surface area contributed by atoms with Crippen LogP contribution in [0.1, 0.15) is 50.0 Å². The number of aryl methyl sites for hydroxylation is 1. The molecular weight excluding hydrogens is 430 g/mol. The molecule has 2 aromatic heterocycles. The molecule has 8 heteroatoms. The number of benzene rings is 2. The average molecular weight is 454 g/mol. The van der Waals surface area contributed by atoms with Crippen LogP contribution in [-0.4, -0.2) is 39.1 Å². The normalized spacial score (nSPS) is 14.8. The van der Waals surface area contributed by atoms with Gasteiger partial charge in [-0.05, 0) is 36.8 Å². The summed E-state index contributed by atoms with van der Waals surface area (Å²) in [5.41, 5.74) is 9.79. The minimum absolute atomic E-state index is 0.0360. The Morgan fingerprint density at radius 3 is 2.56 bits per heavy atom. The zero-order valence-corrected chi connectivity index (χ0v) is 18.5. The van der Waals surface area contributed by atoms with E-state index in [1.54, 1.807) is 17.0 Å². The van der Waals surface area contributed by atoms with Gasteiger partial charge in [0.1, 0.15) is 0 Å². The molecule has 3 heterocycles. The van der Waals surface area contributed by atoms with Gasteiger partial charge in [-0.25, -0.2) is 0 Å². The molecule has 0 saturated carbocycles. The third-order valence-electron chi connectivity index (χ3n) is 6.11. The van der Waals surface area contributed by atoms with E-state index in [2.05, 4.69) is 20.8 Å². The molecule has 1 aliphatic rings. The van der Waals surface area contributed by atoms with Crippen molar-refractivity contribution in [2.75, 3.05) is 6.54 Å². The van der Waals surface area contributed by atoms with E-state index in [4.69, 9.17) is 0 Å². The third kappa shape index (κ3) is 3.79. The van der Waals surface area contributed by atoms with Gasteiger partial charge in [-0.1, -0.05) is 36.4 Å². The second-order valence-corrected chi connectivity index (χ2v) is 8.19. The van der Waals surface area contributed by atoms with E-state index in [0.29, 0.717) is 11.1 Å². The number of hydrogen-bond acceptors (Lipinski definition) is 4. The zero-order valence-electron chi connectivity index (χ0n) is 18.5. The minimum atomic E-state index is -0.437. The molecule has 4 aromatic rings. The maximum absolute atomic E-state index is 13.3. The summed E-state index contributed by atoms with van der Waals surface area (Å²) in [6.07, 6.45) is 3.04. The van der Waals surface area contributed by atoms with E-state index in [1.165, 1.54) is 12.4 Å². The Bertz CT molecular complexity index is 1400. The van der Waals surface area contributed by atoms with Crippen LogP contribution in [0.15, 0.2) is 73.1 Å². The number of aromatic nitrogens is 2. The Kier molecular flexibility index (Phi) is 5.55. The van der Waals surface area contributed by atoms with Crippen LogP contribution in [-0.2, 0) is 4.79 Å². The largest absolute Gasteiger partial charge is 0.358 e. The molecule has 1 atom stereocenters. The van der Waals surface area contributed by atoms with E-state index < -0.39 is 5.91 Å². The molecule has 8 nitrogen and oxygen atoms in total. The summed E-state index contributed by atoms with van der Waals surface area (Å²) < 4.78 is 0. The number of H-pyrrole nitrogens is 1. The average Bonchev–Trinajstić information content (AvgIpc) is 3.34. The second kappa shape index (κ2) is 8.82. The molecular formula is C26H23N5O3. The number of nitrogens with zero attached hydrogens (tertiary/aromatic N) is 2. The number of hydrogen-bond donors (Lipinski definition) is 3. The van der Waals surface area contributed by atoms with Crippen LogP contribution in [0.2, 0.25) is 0 Å². The number of para-hydroxylation sites is 1. The molecule has 170 valence electrons. The first-order chi connectivity index (χ1) is 16.5. The highest BCUT2D eigenvalue weighted by Crippen LogP contribution is 2.42. The summed E-state index contributed by atoms with van der Waals surface area (Å²) in [7, 11) is 0. The number of aromatic amines is 1. The van der Waals surface area contributed by atoms with Crippen LogP contribution in [0.5, 0.6) is 0 Å². The standard InChI is InChI=1S/C26H23N5O3/c1-16-23(20-8-4-5-9-21(20)28-16)24-18-6-2-3-7-19(18)26(34)31(24)15-12-22(32)29-30-25(33)17-10-13-27-14-11-17/h2-11,13-14,24,28H,12,15H2,1H3,(H,29,32)(H,30,33)/t24-/m1/s1. The molecule has 0 radical (unpaired) electrons. The van der Waals surface area contributed by atoms with E-state index >= 15 is 0 Å². The smallest absolute Gasteiger partial charge is 0.269 e. The second-order valence-electron chi connectivity index (χ2n) is 8.19. The van der Waals surface area contributed by atoms with Gasteiger partial charge < -0.3 is 9.88 Å². The first-order valence-corrected chi connectivity index (χ1v) is 11.0. The van der Waals surface area contributed by atoms with Crippen molar-refractivity contribution in [3.63, 3.8) is 0 Å². The van der Waals surface area contributed by atoms with Crippen molar-refractivity contribution in [3.8, 4) is 0 Å². The highest BCUT2D eigenvalue weighted by atomic mass is 16.2. The molecule has 34 heavy (non-hydrogen) atoms. The van der Waals surface area contributed by atoms with Crippen LogP contribution in [0.25, 0.3) is 10.9 Å². The first-order valence-electron chi connectivity index (χ1n) is 11.0. The number of nitrogens with one attached hydrogen (secondary N) is 3. The Balaban J connectivity index is 1.36. The number of amides is 3. The third-order valence-corrected chi connectivity index (χ3v) is 6.11. The van der Waals surface area contributed by atoms with Gasteiger partial charge >= 0.3 is 0 Å². The maximum Gasteiger partial charge on any atom is 0.269 e. The molecule has 0 fully saturated rings. The highest BCUT2D eigenvalue weighted by Gasteiger charge is 2.39. The lowest BCUT2D eigenvalue weighted by Gasteiger charge is -2.26. The van der Waals surface area contributed by atoms with Crippen LogP contribution in [0.4, 0.5) is 0 Å².